The largest absolute Gasteiger partial charge is 0.457 e. The van der Waals surface area contributed by atoms with E-state index in [0.29, 0.717) is 0 Å². The maximum Gasteiger partial charge on any atom is 0.132 e. The first-order valence-corrected chi connectivity index (χ1v) is 19.8. The summed E-state index contributed by atoms with van der Waals surface area (Å²) in [4.78, 5) is 0. The van der Waals surface area contributed by atoms with Crippen LogP contribution < -0.4 is 4.74 Å². The van der Waals surface area contributed by atoms with Crippen molar-refractivity contribution >= 4 is 0 Å². The van der Waals surface area contributed by atoms with E-state index in [2.05, 4.69) is 231 Å². The molecule has 1 nitrogen and oxygen atoms in total. The molecule has 2 aliphatic rings. The van der Waals surface area contributed by atoms with Gasteiger partial charge in [-0.05, 0) is 85.0 Å². The van der Waals surface area contributed by atoms with Gasteiger partial charge in [-0.25, -0.2) is 0 Å². The van der Waals surface area contributed by atoms with E-state index in [1.807, 2.05) is 0 Å². The van der Waals surface area contributed by atoms with Crippen LogP contribution in [0.5, 0.6) is 11.5 Å². The monoisotopic (exact) mass is 726 g/mol. The Hall–Kier alpha value is -7.22. The van der Waals surface area contributed by atoms with Gasteiger partial charge in [0.15, 0.2) is 0 Å². The van der Waals surface area contributed by atoms with E-state index in [9.17, 15) is 0 Å². The molecule has 0 saturated carbocycles. The zero-order valence-corrected chi connectivity index (χ0v) is 31.3. The van der Waals surface area contributed by atoms with Crippen LogP contribution in [0.15, 0.2) is 231 Å². The third-order valence-corrected chi connectivity index (χ3v) is 12.3. The average Bonchev–Trinajstić information content (AvgIpc) is 3.60. The first-order chi connectivity index (χ1) is 28.3. The Morgan fingerprint density at radius 2 is 0.684 bits per heavy atom. The first-order valence-electron chi connectivity index (χ1n) is 19.8. The molecule has 1 heteroatoms. The molecule has 57 heavy (non-hydrogen) atoms. The summed E-state index contributed by atoms with van der Waals surface area (Å²) in [5.74, 6) is 1.75. The summed E-state index contributed by atoms with van der Waals surface area (Å²) in [5, 5.41) is 0. The highest BCUT2D eigenvalue weighted by molar-refractivity contribution is 5.99. The minimum atomic E-state index is -0.602. The lowest BCUT2D eigenvalue weighted by atomic mass is 9.63. The van der Waals surface area contributed by atoms with Gasteiger partial charge >= 0.3 is 0 Å². The van der Waals surface area contributed by atoms with Gasteiger partial charge in [0.25, 0.3) is 0 Å². The Kier molecular flexibility index (Phi) is 7.69. The summed E-state index contributed by atoms with van der Waals surface area (Å²) < 4.78 is 6.79. The second-order valence-electron chi connectivity index (χ2n) is 15.1. The van der Waals surface area contributed by atoms with Gasteiger partial charge in [0.1, 0.15) is 11.5 Å². The predicted octanol–water partition coefficient (Wildman–Crippen LogP) is 13.9. The number of para-hydroxylation sites is 1. The molecule has 0 amide bonds. The Morgan fingerprint density at radius 1 is 0.263 bits per heavy atom. The molecule has 0 saturated heterocycles. The minimum absolute atomic E-state index is 0.471. The smallest absolute Gasteiger partial charge is 0.132 e. The number of benzene rings is 9. The summed E-state index contributed by atoms with van der Waals surface area (Å²) in [6.07, 6.45) is 0. The van der Waals surface area contributed by atoms with Crippen molar-refractivity contribution in [3.63, 3.8) is 0 Å². The van der Waals surface area contributed by atoms with Crippen molar-refractivity contribution in [3.8, 4) is 44.9 Å². The summed E-state index contributed by atoms with van der Waals surface area (Å²) in [7, 11) is 0. The zero-order chi connectivity index (χ0) is 37.8. The van der Waals surface area contributed by atoms with Gasteiger partial charge in [-0.15, -0.1) is 0 Å². The van der Waals surface area contributed by atoms with Crippen LogP contribution in [0.2, 0.25) is 0 Å². The molecule has 268 valence electrons. The SMILES string of the molecule is c1ccc(C2(c3ccccc3)c3ccccc3Oc3ccc(-c4ccccc4-c4cccc5c4-c4ccccc4C5(c4ccccc4)c4ccccc4)cc32)cc1. The molecule has 9 aromatic carbocycles. The fraction of sp³-hybridized carbons (Fsp3) is 0.0357. The molecular weight excluding hydrogens is 689 g/mol. The molecule has 0 atom stereocenters. The van der Waals surface area contributed by atoms with Crippen LogP contribution in [-0.4, -0.2) is 0 Å². The van der Waals surface area contributed by atoms with Crippen LogP contribution in [0.3, 0.4) is 0 Å². The highest BCUT2D eigenvalue weighted by Gasteiger charge is 2.48. The fourth-order valence-corrected chi connectivity index (χ4v) is 10.1. The molecule has 1 aliphatic carbocycles. The van der Waals surface area contributed by atoms with E-state index in [4.69, 9.17) is 4.74 Å². The quantitative estimate of drug-likeness (QED) is 0.166. The lowest BCUT2D eigenvalue weighted by molar-refractivity contribution is 0.434. The fourth-order valence-electron chi connectivity index (χ4n) is 10.1. The first kappa shape index (κ1) is 33.1. The Morgan fingerprint density at radius 3 is 1.28 bits per heavy atom. The van der Waals surface area contributed by atoms with Crippen molar-refractivity contribution < 1.29 is 4.74 Å². The van der Waals surface area contributed by atoms with Crippen molar-refractivity contribution in [3.05, 3.63) is 275 Å². The maximum atomic E-state index is 6.79. The van der Waals surface area contributed by atoms with E-state index < -0.39 is 10.8 Å². The van der Waals surface area contributed by atoms with E-state index in [1.54, 1.807) is 0 Å². The van der Waals surface area contributed by atoms with Crippen LogP contribution in [0, 0.1) is 0 Å². The molecule has 0 radical (unpaired) electrons. The molecule has 0 spiro atoms. The summed E-state index contributed by atoms with van der Waals surface area (Å²) >= 11 is 0. The normalized spacial score (nSPS) is 14.0. The lowest BCUT2D eigenvalue weighted by Crippen LogP contribution is -2.34. The third kappa shape index (κ3) is 4.82. The van der Waals surface area contributed by atoms with Crippen molar-refractivity contribution in [2.45, 2.75) is 10.8 Å². The van der Waals surface area contributed by atoms with Crippen LogP contribution >= 0.6 is 0 Å². The van der Waals surface area contributed by atoms with Crippen molar-refractivity contribution in [2.75, 3.05) is 0 Å². The number of hydrogen-bond donors (Lipinski definition) is 0. The van der Waals surface area contributed by atoms with Gasteiger partial charge in [-0.3, -0.25) is 0 Å². The zero-order valence-electron chi connectivity index (χ0n) is 31.3. The summed E-state index contributed by atoms with van der Waals surface area (Å²) in [5.41, 5.74) is 16.0. The summed E-state index contributed by atoms with van der Waals surface area (Å²) in [6, 6.07) is 84.1. The second kappa shape index (κ2) is 13.2. The molecule has 0 unspecified atom stereocenters. The third-order valence-electron chi connectivity index (χ3n) is 12.3. The second-order valence-corrected chi connectivity index (χ2v) is 15.1. The van der Waals surface area contributed by atoms with Crippen LogP contribution in [0.4, 0.5) is 0 Å². The molecule has 0 aromatic heterocycles. The Labute approximate surface area is 334 Å². The maximum absolute atomic E-state index is 6.79. The molecule has 0 bridgehead atoms. The Bertz CT molecular complexity index is 2830. The van der Waals surface area contributed by atoms with Gasteiger partial charge in [0, 0.05) is 11.1 Å². The molecule has 0 fully saturated rings. The standard InChI is InChI=1S/C56H38O/c1-5-20-40(21-6-1)55(41-22-7-2-8-23-41)48-32-16-15-30-47(48)54-46(31-19-34-50(54)55)45-29-14-13-28-44(45)39-36-37-53-51(38-39)56(42-24-9-3-10-25-42,43-26-11-4-12-27-43)49-33-17-18-35-52(49)57-53/h1-38H. The number of hydrogen-bond acceptors (Lipinski definition) is 1. The predicted molar refractivity (Wildman–Crippen MR) is 233 cm³/mol. The number of rotatable bonds is 6. The molecule has 11 rings (SSSR count). The molecule has 9 aromatic rings. The van der Waals surface area contributed by atoms with Gasteiger partial charge in [0.2, 0.25) is 0 Å². The van der Waals surface area contributed by atoms with Crippen molar-refractivity contribution in [1.29, 1.82) is 0 Å². The van der Waals surface area contributed by atoms with Gasteiger partial charge < -0.3 is 4.74 Å². The van der Waals surface area contributed by atoms with E-state index >= 15 is 0 Å². The van der Waals surface area contributed by atoms with Crippen LogP contribution in [0.25, 0.3) is 33.4 Å². The van der Waals surface area contributed by atoms with Crippen LogP contribution in [0.1, 0.15) is 44.5 Å². The number of fused-ring (bicyclic) bond motifs is 5. The van der Waals surface area contributed by atoms with Crippen molar-refractivity contribution in [2.24, 2.45) is 0 Å². The van der Waals surface area contributed by atoms with Crippen molar-refractivity contribution in [1.82, 2.24) is 0 Å². The van der Waals surface area contributed by atoms with E-state index in [1.165, 1.54) is 61.2 Å². The minimum Gasteiger partial charge on any atom is -0.457 e. The van der Waals surface area contributed by atoms with Crippen LogP contribution in [-0.2, 0) is 10.8 Å². The molecule has 1 heterocycles. The molecule has 0 N–H and O–H groups in total. The molecular formula is C56H38O. The highest BCUT2D eigenvalue weighted by atomic mass is 16.5. The van der Waals surface area contributed by atoms with Gasteiger partial charge in [-0.2, -0.15) is 0 Å². The molecule has 1 aliphatic heterocycles. The van der Waals surface area contributed by atoms with E-state index in [-0.39, 0.29) is 0 Å². The Balaban J connectivity index is 1.17. The average molecular weight is 727 g/mol. The number of ether oxygens (including phenoxy) is 1. The topological polar surface area (TPSA) is 9.23 Å². The summed E-state index contributed by atoms with van der Waals surface area (Å²) in [6.45, 7) is 0. The highest BCUT2D eigenvalue weighted by Crippen LogP contribution is 2.60. The van der Waals surface area contributed by atoms with Gasteiger partial charge in [0.05, 0.1) is 10.8 Å². The lowest BCUT2D eigenvalue weighted by Gasteiger charge is -2.41. The van der Waals surface area contributed by atoms with E-state index in [0.717, 1.165) is 28.2 Å². The van der Waals surface area contributed by atoms with Gasteiger partial charge in [-0.1, -0.05) is 212 Å².